The van der Waals surface area contributed by atoms with Crippen molar-refractivity contribution in [3.05, 3.63) is 85.1 Å². The third kappa shape index (κ3) is 32.2. The summed E-state index contributed by atoms with van der Waals surface area (Å²) in [5.41, 5.74) is 0. The Balaban J connectivity index is 4.53. The minimum atomic E-state index is -0.889. The molecule has 51 heavy (non-hydrogen) atoms. The lowest BCUT2D eigenvalue weighted by Gasteiger charge is -2.31. The van der Waals surface area contributed by atoms with Crippen molar-refractivity contribution >= 4 is 17.9 Å². The second-order valence-corrected chi connectivity index (χ2v) is 13.6. The first kappa shape index (κ1) is 47.5. The Labute approximate surface area is 310 Å². The minimum Gasteiger partial charge on any atom is -0.477 e. The molecule has 8 nitrogen and oxygen atoms in total. The number of aliphatic carboxylic acids is 1. The molecule has 0 aromatic heterocycles. The van der Waals surface area contributed by atoms with Gasteiger partial charge in [-0.2, -0.15) is 0 Å². The largest absolute Gasteiger partial charge is 0.477 e. The van der Waals surface area contributed by atoms with Crippen molar-refractivity contribution in [2.45, 2.75) is 129 Å². The molecule has 0 heterocycles. The number of esters is 2. The summed E-state index contributed by atoms with van der Waals surface area (Å²) in [5, 5.41) is 9.57. The molecule has 8 heteroatoms. The first-order valence-electron chi connectivity index (χ1n) is 19.2. The molecule has 0 rings (SSSR count). The molecule has 0 amide bonds. The molecule has 0 radical (unpaired) electrons. The van der Waals surface area contributed by atoms with Crippen molar-refractivity contribution < 1.29 is 38.2 Å². The number of rotatable bonds is 32. The number of carboxylic acid groups (broad SMARTS) is 1. The van der Waals surface area contributed by atoms with E-state index in [2.05, 4.69) is 26.0 Å². The van der Waals surface area contributed by atoms with Crippen LogP contribution in [0.5, 0.6) is 0 Å². The molecule has 0 aromatic carbocycles. The maximum Gasteiger partial charge on any atom is 0.362 e. The molecule has 0 aliphatic carbocycles. The van der Waals surface area contributed by atoms with E-state index in [1.165, 1.54) is 32.1 Å². The average Bonchev–Trinajstić information content (AvgIpc) is 3.08. The number of hydrogen-bond donors (Lipinski definition) is 1. The van der Waals surface area contributed by atoms with Gasteiger partial charge in [-0.1, -0.05) is 150 Å². The minimum absolute atomic E-state index is 0.0376. The Morgan fingerprint density at radius 3 is 1.63 bits per heavy atom. The van der Waals surface area contributed by atoms with Crippen LogP contribution in [0.3, 0.4) is 0 Å². The molecule has 0 saturated heterocycles. The van der Waals surface area contributed by atoms with E-state index >= 15 is 0 Å². The summed E-state index contributed by atoms with van der Waals surface area (Å²) < 4.78 is 17.1. The van der Waals surface area contributed by atoms with Gasteiger partial charge in [-0.25, -0.2) is 4.79 Å². The molecular formula is C43H70NO7+. The Hall–Kier alpha value is -3.49. The van der Waals surface area contributed by atoms with Gasteiger partial charge in [0, 0.05) is 19.3 Å². The summed E-state index contributed by atoms with van der Waals surface area (Å²) in [4.78, 5) is 36.7. The molecule has 2 unspecified atom stereocenters. The predicted molar refractivity (Wildman–Crippen MR) is 210 cm³/mol. The van der Waals surface area contributed by atoms with Gasteiger partial charge in [-0.05, 0) is 32.1 Å². The average molecular weight is 713 g/mol. The molecule has 288 valence electrons. The van der Waals surface area contributed by atoms with E-state index in [1.54, 1.807) is 0 Å². The number of unbranched alkanes of at least 4 members (excludes halogenated alkanes) is 10. The summed E-state index contributed by atoms with van der Waals surface area (Å²) in [7, 11) is 5.48. The third-order valence-electron chi connectivity index (χ3n) is 8.00. The highest BCUT2D eigenvalue weighted by molar-refractivity contribution is 5.72. The molecule has 2 atom stereocenters. The number of quaternary nitrogens is 1. The highest BCUT2D eigenvalue weighted by Gasteiger charge is 2.31. The van der Waals surface area contributed by atoms with Crippen LogP contribution in [0.2, 0.25) is 0 Å². The Kier molecular flexibility index (Phi) is 31.3. The van der Waals surface area contributed by atoms with E-state index in [0.717, 1.165) is 44.9 Å². The topological polar surface area (TPSA) is 99.1 Å². The van der Waals surface area contributed by atoms with Gasteiger partial charge in [0.1, 0.15) is 6.61 Å². The quantitative estimate of drug-likeness (QED) is 0.0321. The molecule has 0 aromatic rings. The Bertz CT molecular complexity index is 1110. The van der Waals surface area contributed by atoms with Crippen LogP contribution in [-0.2, 0) is 28.6 Å². The Morgan fingerprint density at radius 2 is 1.10 bits per heavy atom. The summed E-state index contributed by atoms with van der Waals surface area (Å²) >= 11 is 0. The molecular weight excluding hydrogens is 642 g/mol. The van der Waals surface area contributed by atoms with Gasteiger partial charge in [0.25, 0.3) is 0 Å². The van der Waals surface area contributed by atoms with E-state index in [0.29, 0.717) is 19.3 Å². The number of nitrogens with zero attached hydrogens (tertiary/aromatic N) is 1. The van der Waals surface area contributed by atoms with E-state index in [9.17, 15) is 19.5 Å². The maximum atomic E-state index is 12.6. The number of carboxylic acids is 1. The number of allylic oxidation sites excluding steroid dienone is 14. The summed E-state index contributed by atoms with van der Waals surface area (Å²) in [6.45, 7) is 4.47. The SMILES string of the molecule is CC/C=C/C=C/C=C/C=C/C=C/C=C/C=C/CCCCCC(=O)OC(COCCC(C(=O)O)[N+](C)(C)C)COC(=O)CCCCCCCCCC. The zero-order valence-electron chi connectivity index (χ0n) is 32.5. The predicted octanol–water partition coefficient (Wildman–Crippen LogP) is 9.79. The van der Waals surface area contributed by atoms with E-state index in [4.69, 9.17) is 14.2 Å². The van der Waals surface area contributed by atoms with Gasteiger partial charge >= 0.3 is 17.9 Å². The van der Waals surface area contributed by atoms with Crippen LogP contribution < -0.4 is 0 Å². The van der Waals surface area contributed by atoms with Crippen LogP contribution in [0.4, 0.5) is 0 Å². The summed E-state index contributed by atoms with van der Waals surface area (Å²) in [5.74, 6) is -1.55. The van der Waals surface area contributed by atoms with Gasteiger partial charge in [-0.3, -0.25) is 9.59 Å². The monoisotopic (exact) mass is 713 g/mol. The normalized spacial score (nSPS) is 14.0. The highest BCUT2D eigenvalue weighted by Crippen LogP contribution is 2.12. The number of carbonyl (C=O) groups excluding carboxylic acids is 2. The van der Waals surface area contributed by atoms with E-state index < -0.39 is 18.1 Å². The smallest absolute Gasteiger partial charge is 0.362 e. The zero-order valence-corrected chi connectivity index (χ0v) is 32.5. The number of carbonyl (C=O) groups is 3. The molecule has 0 bridgehead atoms. The summed E-state index contributed by atoms with van der Waals surface area (Å²) in [6.07, 6.45) is 42.0. The Morgan fingerprint density at radius 1 is 0.608 bits per heavy atom. The van der Waals surface area contributed by atoms with Gasteiger partial charge in [0.15, 0.2) is 12.1 Å². The molecule has 0 spiro atoms. The fourth-order valence-electron chi connectivity index (χ4n) is 5.01. The highest BCUT2D eigenvalue weighted by atomic mass is 16.6. The van der Waals surface area contributed by atoms with Crippen LogP contribution in [0.15, 0.2) is 85.1 Å². The van der Waals surface area contributed by atoms with Crippen LogP contribution in [0, 0.1) is 0 Å². The van der Waals surface area contributed by atoms with Crippen molar-refractivity contribution in [1.29, 1.82) is 0 Å². The standard InChI is InChI=1S/C43H69NO7/c1-6-8-10-12-14-16-17-18-19-20-21-22-23-24-25-26-28-30-32-34-42(46)51-39(37-49-36-35-40(43(47)48)44(3,4)5)38-50-41(45)33-31-29-27-15-13-11-9-7-2/h8,10,12,14,16-25,39-40H,6-7,9,11,13,15,26-38H2,1-5H3/p+1/b10-8+,14-12+,17-16+,19-18+,21-20+,23-22+,25-24+. The second kappa shape index (κ2) is 33.6. The van der Waals surface area contributed by atoms with E-state index in [-0.39, 0.29) is 42.7 Å². The molecule has 0 aliphatic heterocycles. The van der Waals surface area contributed by atoms with Crippen molar-refractivity contribution in [3.63, 3.8) is 0 Å². The second-order valence-electron chi connectivity index (χ2n) is 13.6. The van der Waals surface area contributed by atoms with Crippen LogP contribution in [0.25, 0.3) is 0 Å². The molecule has 0 aliphatic rings. The van der Waals surface area contributed by atoms with Crippen LogP contribution >= 0.6 is 0 Å². The zero-order chi connectivity index (χ0) is 37.8. The number of likely N-dealkylation sites (N-methyl/N-ethyl adjacent to an activating group) is 1. The summed E-state index contributed by atoms with van der Waals surface area (Å²) in [6, 6.07) is -0.625. The van der Waals surface area contributed by atoms with Crippen molar-refractivity contribution in [1.82, 2.24) is 0 Å². The molecule has 0 fully saturated rings. The van der Waals surface area contributed by atoms with Crippen LogP contribution in [0.1, 0.15) is 117 Å². The molecule has 1 N–H and O–H groups in total. The first-order chi connectivity index (χ1) is 24.6. The van der Waals surface area contributed by atoms with Gasteiger partial charge in [0.05, 0.1) is 34.4 Å². The number of hydrogen-bond acceptors (Lipinski definition) is 6. The lowest BCUT2D eigenvalue weighted by molar-refractivity contribution is -0.887. The fraction of sp³-hybridized carbons (Fsp3) is 0.605. The molecule has 0 saturated carbocycles. The van der Waals surface area contributed by atoms with Crippen molar-refractivity contribution in [2.75, 3.05) is 41.0 Å². The third-order valence-corrected chi connectivity index (χ3v) is 8.00. The number of ether oxygens (including phenoxy) is 3. The lowest BCUT2D eigenvalue weighted by atomic mass is 10.1. The van der Waals surface area contributed by atoms with Gasteiger partial charge in [0.2, 0.25) is 0 Å². The van der Waals surface area contributed by atoms with Gasteiger partial charge in [-0.15, -0.1) is 0 Å². The van der Waals surface area contributed by atoms with Crippen molar-refractivity contribution in [3.8, 4) is 0 Å². The van der Waals surface area contributed by atoms with Gasteiger partial charge < -0.3 is 23.8 Å². The lowest BCUT2D eigenvalue weighted by Crippen LogP contribution is -2.50. The first-order valence-corrected chi connectivity index (χ1v) is 19.2. The fourth-order valence-corrected chi connectivity index (χ4v) is 5.01. The van der Waals surface area contributed by atoms with E-state index in [1.807, 2.05) is 94.1 Å². The van der Waals surface area contributed by atoms with Crippen molar-refractivity contribution in [2.24, 2.45) is 0 Å². The van der Waals surface area contributed by atoms with Crippen LogP contribution in [-0.4, -0.2) is 80.6 Å². The maximum absolute atomic E-state index is 12.6.